The van der Waals surface area contributed by atoms with E-state index >= 15 is 0 Å². The summed E-state index contributed by atoms with van der Waals surface area (Å²) in [6.45, 7) is 7.15. The molecule has 0 amide bonds. The van der Waals surface area contributed by atoms with Gasteiger partial charge in [-0.1, -0.05) is 11.6 Å². The van der Waals surface area contributed by atoms with E-state index in [0.29, 0.717) is 31.0 Å². The lowest BCUT2D eigenvalue weighted by Crippen LogP contribution is -2.38. The Balaban J connectivity index is 1.52. The zero-order valence-corrected chi connectivity index (χ0v) is 18.1. The zero-order chi connectivity index (χ0) is 21.3. The number of hydrogen-bond donors (Lipinski definition) is 2. The van der Waals surface area contributed by atoms with Gasteiger partial charge in [0, 0.05) is 49.6 Å². The summed E-state index contributed by atoms with van der Waals surface area (Å²) in [5.41, 5.74) is 2.12. The number of ketones is 1. The van der Waals surface area contributed by atoms with E-state index in [9.17, 15) is 9.18 Å². The summed E-state index contributed by atoms with van der Waals surface area (Å²) >= 11 is 5.97. The molecule has 2 N–H and O–H groups in total. The summed E-state index contributed by atoms with van der Waals surface area (Å²) in [5.74, 6) is 0.745. The molecule has 160 valence electrons. The second-order valence-corrected chi connectivity index (χ2v) is 8.70. The van der Waals surface area contributed by atoms with Gasteiger partial charge in [-0.3, -0.25) is 4.79 Å². The van der Waals surface area contributed by atoms with Crippen LogP contribution in [0.2, 0.25) is 5.02 Å². The number of fused-ring (bicyclic) bond motifs is 1. The number of halogens is 2. The van der Waals surface area contributed by atoms with Gasteiger partial charge in [-0.15, -0.1) is 0 Å². The van der Waals surface area contributed by atoms with Crippen LogP contribution < -0.4 is 15.5 Å². The van der Waals surface area contributed by atoms with Gasteiger partial charge in [0.1, 0.15) is 5.82 Å². The maximum absolute atomic E-state index is 14.1. The van der Waals surface area contributed by atoms with Gasteiger partial charge < -0.3 is 15.5 Å². The van der Waals surface area contributed by atoms with Gasteiger partial charge in [-0.2, -0.15) is 0 Å². The van der Waals surface area contributed by atoms with Crippen molar-refractivity contribution in [3.63, 3.8) is 0 Å². The fraction of sp³-hybridized carbons (Fsp3) is 0.500. The molecule has 30 heavy (non-hydrogen) atoms. The predicted octanol–water partition coefficient (Wildman–Crippen LogP) is 3.83. The summed E-state index contributed by atoms with van der Waals surface area (Å²) in [5, 5.41) is 7.14. The normalized spacial score (nSPS) is 17.2. The number of hydrogen-bond acceptors (Lipinski definition) is 6. The minimum atomic E-state index is -0.510. The van der Waals surface area contributed by atoms with E-state index in [0.717, 1.165) is 42.5 Å². The van der Waals surface area contributed by atoms with Crippen molar-refractivity contribution in [1.29, 1.82) is 0 Å². The Morgan fingerprint density at radius 2 is 2.03 bits per heavy atom. The molecule has 2 aliphatic heterocycles. The highest BCUT2D eigenvalue weighted by atomic mass is 35.5. The molecule has 0 aliphatic carbocycles. The van der Waals surface area contributed by atoms with Gasteiger partial charge >= 0.3 is 0 Å². The Hall–Kier alpha value is -2.25. The molecule has 1 saturated heterocycles. The second-order valence-electron chi connectivity index (χ2n) is 8.26. The first-order valence-corrected chi connectivity index (χ1v) is 10.9. The van der Waals surface area contributed by atoms with Crippen molar-refractivity contribution in [2.75, 3.05) is 29.9 Å². The molecule has 0 unspecified atom stereocenters. The molecule has 2 aromatic rings. The first-order valence-electron chi connectivity index (χ1n) is 10.5. The van der Waals surface area contributed by atoms with Crippen molar-refractivity contribution >= 4 is 29.0 Å². The molecule has 2 aliphatic rings. The smallest absolute Gasteiger partial charge is 0.172 e. The highest BCUT2D eigenvalue weighted by Gasteiger charge is 2.30. The minimum absolute atomic E-state index is 0.0872. The molecule has 3 heterocycles. The Bertz CT molecular complexity index is 943. The number of benzene rings is 1. The third kappa shape index (κ3) is 4.42. The summed E-state index contributed by atoms with van der Waals surface area (Å²) < 4.78 is 14.1. The Morgan fingerprint density at radius 1 is 1.27 bits per heavy atom. The second kappa shape index (κ2) is 8.86. The van der Waals surface area contributed by atoms with Crippen molar-refractivity contribution < 1.29 is 9.18 Å². The van der Waals surface area contributed by atoms with Crippen molar-refractivity contribution in [1.82, 2.24) is 15.3 Å². The molecule has 6 nitrogen and oxygen atoms in total. The van der Waals surface area contributed by atoms with Crippen molar-refractivity contribution in [2.45, 2.75) is 45.7 Å². The highest BCUT2D eigenvalue weighted by Crippen LogP contribution is 2.31. The fourth-order valence-corrected chi connectivity index (χ4v) is 4.27. The minimum Gasteiger partial charge on any atom is -0.365 e. The van der Waals surface area contributed by atoms with Crippen LogP contribution in [-0.4, -0.2) is 41.4 Å². The van der Waals surface area contributed by atoms with E-state index in [1.807, 2.05) is 0 Å². The van der Waals surface area contributed by atoms with Crippen LogP contribution in [-0.2, 0) is 13.0 Å². The molecule has 0 spiro atoms. The lowest BCUT2D eigenvalue weighted by Gasteiger charge is -2.34. The van der Waals surface area contributed by atoms with E-state index < -0.39 is 5.82 Å². The molecule has 4 rings (SSSR count). The van der Waals surface area contributed by atoms with Crippen LogP contribution >= 0.6 is 11.6 Å². The molecular weight excluding hydrogens is 405 g/mol. The SMILES string of the molecule is CC(C)Nc1nc2c(nc1N1CCC(C(=O)c3cc(Cl)ccc3F)CC1)CCNC2. The standard InChI is InChI=1S/C22H27ClFN5O/c1-13(2)26-21-22(28-18-5-8-25-12-19(18)27-21)29-9-6-14(7-10-29)20(30)16-11-15(23)3-4-17(16)24/h3-4,11,13-14,25H,5-10,12H2,1-2H3,(H,26,27). The molecule has 1 aromatic heterocycles. The Morgan fingerprint density at radius 3 is 2.77 bits per heavy atom. The molecular formula is C22H27ClFN5O. The predicted molar refractivity (Wildman–Crippen MR) is 117 cm³/mol. The average molecular weight is 432 g/mol. The number of nitrogens with zero attached hydrogens (tertiary/aromatic N) is 3. The molecule has 8 heteroatoms. The lowest BCUT2D eigenvalue weighted by atomic mass is 9.88. The molecule has 0 radical (unpaired) electrons. The van der Waals surface area contributed by atoms with Crippen molar-refractivity contribution in [3.8, 4) is 0 Å². The number of carbonyl (C=O) groups is 1. The van der Waals surface area contributed by atoms with Gasteiger partial charge in [-0.25, -0.2) is 14.4 Å². The third-order valence-electron chi connectivity index (χ3n) is 5.65. The molecule has 0 saturated carbocycles. The quantitative estimate of drug-likeness (QED) is 0.701. The molecule has 1 fully saturated rings. The van der Waals surface area contributed by atoms with E-state index in [1.165, 1.54) is 18.2 Å². The number of piperidine rings is 1. The number of Topliss-reactive ketones (excluding diaryl/α,β-unsaturated/α-hetero) is 1. The maximum atomic E-state index is 14.1. The number of aromatic nitrogens is 2. The molecule has 0 atom stereocenters. The van der Waals surface area contributed by atoms with E-state index in [-0.39, 0.29) is 23.3 Å². The number of anilines is 2. The van der Waals surface area contributed by atoms with Gasteiger partial charge in [-0.05, 0) is 44.9 Å². The summed E-state index contributed by atoms with van der Waals surface area (Å²) in [7, 11) is 0. The third-order valence-corrected chi connectivity index (χ3v) is 5.88. The Kier molecular flexibility index (Phi) is 6.20. The fourth-order valence-electron chi connectivity index (χ4n) is 4.10. The number of nitrogens with one attached hydrogen (secondary N) is 2. The average Bonchev–Trinajstić information content (AvgIpc) is 2.74. The summed E-state index contributed by atoms with van der Waals surface area (Å²) in [4.78, 5) is 24.8. The summed E-state index contributed by atoms with van der Waals surface area (Å²) in [6, 6.07) is 4.38. The van der Waals surface area contributed by atoms with Crippen LogP contribution in [0, 0.1) is 11.7 Å². The lowest BCUT2D eigenvalue weighted by molar-refractivity contribution is 0.0896. The van der Waals surface area contributed by atoms with Gasteiger partial charge in [0.25, 0.3) is 0 Å². The summed E-state index contributed by atoms with van der Waals surface area (Å²) in [6.07, 6.45) is 2.15. The van der Waals surface area contributed by atoms with Gasteiger partial charge in [0.15, 0.2) is 17.4 Å². The van der Waals surface area contributed by atoms with Crippen LogP contribution in [0.5, 0.6) is 0 Å². The van der Waals surface area contributed by atoms with Gasteiger partial charge in [0.05, 0.1) is 17.0 Å². The van der Waals surface area contributed by atoms with Crippen LogP contribution in [0.4, 0.5) is 16.0 Å². The molecule has 1 aromatic carbocycles. The maximum Gasteiger partial charge on any atom is 0.172 e. The van der Waals surface area contributed by atoms with E-state index in [4.69, 9.17) is 21.6 Å². The van der Waals surface area contributed by atoms with Crippen LogP contribution in [0.3, 0.4) is 0 Å². The van der Waals surface area contributed by atoms with Crippen LogP contribution in [0.25, 0.3) is 0 Å². The Labute approximate surface area is 181 Å². The number of carbonyl (C=O) groups excluding carboxylic acids is 1. The first-order chi connectivity index (χ1) is 14.4. The number of rotatable bonds is 5. The van der Waals surface area contributed by atoms with Crippen LogP contribution in [0.1, 0.15) is 48.4 Å². The van der Waals surface area contributed by atoms with Crippen LogP contribution in [0.15, 0.2) is 18.2 Å². The van der Waals surface area contributed by atoms with Gasteiger partial charge in [0.2, 0.25) is 0 Å². The first kappa shape index (κ1) is 21.0. The van der Waals surface area contributed by atoms with Crippen molar-refractivity contribution in [2.24, 2.45) is 5.92 Å². The molecule has 0 bridgehead atoms. The van der Waals surface area contributed by atoms with E-state index in [1.54, 1.807) is 0 Å². The topological polar surface area (TPSA) is 70.2 Å². The van der Waals surface area contributed by atoms with Crippen molar-refractivity contribution in [3.05, 3.63) is 46.0 Å². The van der Waals surface area contributed by atoms with E-state index in [2.05, 4.69) is 29.4 Å². The largest absolute Gasteiger partial charge is 0.365 e. The highest BCUT2D eigenvalue weighted by molar-refractivity contribution is 6.31. The zero-order valence-electron chi connectivity index (χ0n) is 17.3. The monoisotopic (exact) mass is 431 g/mol.